The van der Waals surface area contributed by atoms with Gasteiger partial charge in [0.15, 0.2) is 0 Å². The maximum absolute atomic E-state index is 6.58. The fraction of sp³-hybridized carbons (Fsp3) is 0.0154. The third-order valence-corrected chi connectivity index (χ3v) is 14.0. The average Bonchev–Trinajstić information content (AvgIpc) is 3.70. The van der Waals surface area contributed by atoms with E-state index < -0.39 is 5.41 Å². The molecule has 0 unspecified atom stereocenters. The van der Waals surface area contributed by atoms with Crippen molar-refractivity contribution in [1.29, 1.82) is 0 Å². The Morgan fingerprint density at radius 3 is 1.51 bits per heavy atom. The molecule has 0 spiro atoms. The van der Waals surface area contributed by atoms with Crippen LogP contribution in [0.2, 0.25) is 0 Å². The van der Waals surface area contributed by atoms with Crippen LogP contribution in [0.5, 0.6) is 11.5 Å². The van der Waals surface area contributed by atoms with E-state index in [1.807, 2.05) is 6.07 Å². The van der Waals surface area contributed by atoms with Crippen LogP contribution in [0.15, 0.2) is 261 Å². The third-order valence-electron chi connectivity index (χ3n) is 14.0. The first-order valence-electron chi connectivity index (χ1n) is 23.1. The predicted molar refractivity (Wildman–Crippen MR) is 278 cm³/mol. The van der Waals surface area contributed by atoms with Crippen LogP contribution in [0.1, 0.15) is 22.3 Å². The molecule has 1 aliphatic heterocycles. The van der Waals surface area contributed by atoms with E-state index in [1.165, 1.54) is 55.6 Å². The minimum absolute atomic E-state index is 0.544. The molecule has 0 bridgehead atoms. The van der Waals surface area contributed by atoms with E-state index in [2.05, 4.69) is 260 Å². The highest BCUT2D eigenvalue weighted by Gasteiger charge is 2.46. The van der Waals surface area contributed by atoms with Crippen molar-refractivity contribution < 1.29 is 4.74 Å². The van der Waals surface area contributed by atoms with Crippen LogP contribution in [0.25, 0.3) is 66.4 Å². The molecule has 0 fully saturated rings. The molecule has 314 valence electrons. The van der Waals surface area contributed by atoms with Crippen LogP contribution < -0.4 is 9.64 Å². The average molecular weight is 854 g/mol. The highest BCUT2D eigenvalue weighted by Crippen LogP contribution is 2.58. The molecule has 0 atom stereocenters. The zero-order chi connectivity index (χ0) is 44.3. The van der Waals surface area contributed by atoms with Gasteiger partial charge in [-0.2, -0.15) is 0 Å². The zero-order valence-corrected chi connectivity index (χ0v) is 36.7. The lowest BCUT2D eigenvalue weighted by atomic mass is 9.67. The number of hydrogen-bond acceptors (Lipinski definition) is 2. The summed E-state index contributed by atoms with van der Waals surface area (Å²) < 4.78 is 6.58. The minimum atomic E-state index is -0.544. The highest BCUT2D eigenvalue weighted by molar-refractivity contribution is 6.11. The zero-order valence-electron chi connectivity index (χ0n) is 36.7. The van der Waals surface area contributed by atoms with E-state index >= 15 is 0 Å². The molecule has 0 saturated carbocycles. The predicted octanol–water partition coefficient (Wildman–Crippen LogP) is 17.4. The molecule has 2 aliphatic rings. The van der Waals surface area contributed by atoms with Crippen LogP contribution in [0.4, 0.5) is 17.1 Å². The van der Waals surface area contributed by atoms with Crippen molar-refractivity contribution in [3.8, 4) is 67.1 Å². The van der Waals surface area contributed by atoms with Crippen molar-refractivity contribution in [2.45, 2.75) is 5.41 Å². The van der Waals surface area contributed by atoms with Gasteiger partial charge in [0.25, 0.3) is 0 Å². The number of fused-ring (bicyclic) bond motifs is 5. The monoisotopic (exact) mass is 853 g/mol. The highest BCUT2D eigenvalue weighted by atomic mass is 16.5. The summed E-state index contributed by atoms with van der Waals surface area (Å²) in [5, 5.41) is 2.29. The van der Waals surface area contributed by atoms with Crippen LogP contribution >= 0.6 is 0 Å². The number of rotatable bonds is 8. The van der Waals surface area contributed by atoms with Crippen molar-refractivity contribution in [2.75, 3.05) is 4.90 Å². The normalized spacial score (nSPS) is 12.7. The molecular formula is C65H43NO. The molecule has 0 saturated heterocycles. The lowest BCUT2D eigenvalue weighted by Crippen LogP contribution is -2.28. The molecule has 2 heteroatoms. The van der Waals surface area contributed by atoms with Gasteiger partial charge in [0.2, 0.25) is 0 Å². The topological polar surface area (TPSA) is 12.5 Å². The molecular weight excluding hydrogens is 811 g/mol. The van der Waals surface area contributed by atoms with Crippen molar-refractivity contribution in [3.63, 3.8) is 0 Å². The SMILES string of the molecule is c1ccc(-c2ccc(-c3ccc(N(c4ccc5c(c4)C(c4ccccc4)(c4ccccc4)c4ccccc4-5)c4ccccc4-c4ccc5c6c(cccc46)-c4ccccc4O5)cc3)cc2)cc1. The summed E-state index contributed by atoms with van der Waals surface area (Å²) >= 11 is 0. The van der Waals surface area contributed by atoms with Crippen molar-refractivity contribution in [2.24, 2.45) is 0 Å². The minimum Gasteiger partial charge on any atom is -0.456 e. The maximum atomic E-state index is 6.58. The van der Waals surface area contributed by atoms with Crippen LogP contribution in [-0.2, 0) is 5.41 Å². The van der Waals surface area contributed by atoms with E-state index in [4.69, 9.17) is 4.74 Å². The summed E-state index contributed by atoms with van der Waals surface area (Å²) in [6.07, 6.45) is 0. The molecule has 0 amide bonds. The standard InChI is InChI=1S/C65H43NO/c1-4-17-44(18-5-1)45-31-33-46(34-32-45)47-35-37-50(38-36-47)66(61-29-14-11-24-55(61)52-41-42-63-64-57(52)26-16-27-58(64)56-25-12-15-30-62(56)67-63)51-39-40-54-53-23-10-13-28-59(53)65(60(54)43-51,48-19-6-2-7-20-48)49-21-8-3-9-22-49/h1-43H. The summed E-state index contributed by atoms with van der Waals surface area (Å²) in [5.74, 6) is 1.77. The Balaban J connectivity index is 1.02. The molecule has 67 heavy (non-hydrogen) atoms. The van der Waals surface area contributed by atoms with E-state index in [1.54, 1.807) is 0 Å². The maximum Gasteiger partial charge on any atom is 0.135 e. The van der Waals surface area contributed by atoms with Gasteiger partial charge in [0.1, 0.15) is 11.5 Å². The van der Waals surface area contributed by atoms with Gasteiger partial charge >= 0.3 is 0 Å². The van der Waals surface area contributed by atoms with E-state index in [-0.39, 0.29) is 0 Å². The van der Waals surface area contributed by atoms with Gasteiger partial charge in [-0.1, -0.05) is 212 Å². The number of nitrogens with zero attached hydrogens (tertiary/aromatic N) is 1. The van der Waals surface area contributed by atoms with E-state index in [0.717, 1.165) is 61.6 Å². The Morgan fingerprint density at radius 1 is 0.299 bits per heavy atom. The lowest BCUT2D eigenvalue weighted by Gasteiger charge is -2.35. The Bertz CT molecular complexity index is 3600. The van der Waals surface area contributed by atoms with Gasteiger partial charge in [-0.3, -0.25) is 0 Å². The number of para-hydroxylation sites is 2. The van der Waals surface area contributed by atoms with Crippen LogP contribution in [0.3, 0.4) is 0 Å². The molecule has 11 aromatic carbocycles. The van der Waals surface area contributed by atoms with Crippen molar-refractivity contribution in [3.05, 3.63) is 283 Å². The van der Waals surface area contributed by atoms with Gasteiger partial charge in [-0.05, 0) is 121 Å². The first-order valence-corrected chi connectivity index (χ1v) is 23.1. The third kappa shape index (κ3) is 6.18. The lowest BCUT2D eigenvalue weighted by molar-refractivity contribution is 0.487. The smallest absolute Gasteiger partial charge is 0.135 e. The Kier molecular flexibility index (Phi) is 9.11. The molecule has 0 N–H and O–H groups in total. The van der Waals surface area contributed by atoms with Crippen LogP contribution in [0, 0.1) is 0 Å². The summed E-state index contributed by atoms with van der Waals surface area (Å²) in [6.45, 7) is 0. The Hall–Kier alpha value is -8.72. The first kappa shape index (κ1) is 38.7. The fourth-order valence-corrected chi connectivity index (χ4v) is 11.0. The molecule has 11 aromatic rings. The van der Waals surface area contributed by atoms with Gasteiger partial charge in [0.05, 0.1) is 11.1 Å². The number of ether oxygens (including phenoxy) is 1. The summed E-state index contributed by atoms with van der Waals surface area (Å²) in [4.78, 5) is 2.46. The fourth-order valence-electron chi connectivity index (χ4n) is 11.0. The first-order chi connectivity index (χ1) is 33.2. The number of anilines is 3. The second-order valence-electron chi connectivity index (χ2n) is 17.5. The molecule has 1 aliphatic carbocycles. The van der Waals surface area contributed by atoms with Crippen molar-refractivity contribution >= 4 is 27.8 Å². The van der Waals surface area contributed by atoms with Gasteiger partial charge < -0.3 is 9.64 Å². The second kappa shape index (κ2) is 15.8. The summed E-state index contributed by atoms with van der Waals surface area (Å²) in [6, 6.07) is 95.1. The van der Waals surface area contributed by atoms with Gasteiger partial charge in [-0.15, -0.1) is 0 Å². The van der Waals surface area contributed by atoms with Gasteiger partial charge in [-0.25, -0.2) is 0 Å². The quantitative estimate of drug-likeness (QED) is 0.151. The number of benzene rings is 11. The summed E-state index contributed by atoms with van der Waals surface area (Å²) in [7, 11) is 0. The largest absolute Gasteiger partial charge is 0.456 e. The molecule has 0 radical (unpaired) electrons. The van der Waals surface area contributed by atoms with Crippen LogP contribution in [-0.4, -0.2) is 0 Å². The van der Waals surface area contributed by atoms with Crippen molar-refractivity contribution in [1.82, 2.24) is 0 Å². The molecule has 13 rings (SSSR count). The summed E-state index contributed by atoms with van der Waals surface area (Å²) in [5.41, 5.74) is 19.6. The van der Waals surface area contributed by atoms with Gasteiger partial charge in [0, 0.05) is 27.9 Å². The number of hydrogen-bond donors (Lipinski definition) is 0. The van der Waals surface area contributed by atoms with E-state index in [9.17, 15) is 0 Å². The Morgan fingerprint density at radius 2 is 0.806 bits per heavy atom. The molecule has 0 aromatic heterocycles. The molecule has 2 nitrogen and oxygen atoms in total. The van der Waals surface area contributed by atoms with E-state index in [0.29, 0.717) is 0 Å². The second-order valence-corrected chi connectivity index (χ2v) is 17.5. The Labute approximate surface area is 391 Å². The molecule has 1 heterocycles.